The van der Waals surface area contributed by atoms with Crippen LogP contribution >= 0.6 is 0 Å². The van der Waals surface area contributed by atoms with Gasteiger partial charge in [0.15, 0.2) is 0 Å². The molecule has 0 saturated carbocycles. The SMILES string of the molecule is Cc1cc(=O)n(CCNC(=O)c2cc(-c3ccc(F)cc3)n[nH]2)cn1. The Morgan fingerprint density at radius 3 is 2.76 bits per heavy atom. The molecule has 3 aromatic rings. The molecule has 2 aromatic heterocycles. The van der Waals surface area contributed by atoms with Crippen LogP contribution in [0.15, 0.2) is 47.5 Å². The van der Waals surface area contributed by atoms with Gasteiger partial charge in [0.1, 0.15) is 11.5 Å². The molecule has 0 spiro atoms. The molecule has 0 radical (unpaired) electrons. The van der Waals surface area contributed by atoms with E-state index >= 15 is 0 Å². The lowest BCUT2D eigenvalue weighted by Crippen LogP contribution is -2.31. The van der Waals surface area contributed by atoms with Crippen molar-refractivity contribution >= 4 is 5.91 Å². The lowest BCUT2D eigenvalue weighted by atomic mass is 10.1. The normalized spacial score (nSPS) is 10.6. The van der Waals surface area contributed by atoms with Crippen molar-refractivity contribution in [3.63, 3.8) is 0 Å². The van der Waals surface area contributed by atoms with Crippen LogP contribution in [-0.2, 0) is 6.54 Å². The van der Waals surface area contributed by atoms with Crippen molar-refractivity contribution in [3.8, 4) is 11.3 Å². The van der Waals surface area contributed by atoms with Gasteiger partial charge in [0, 0.05) is 30.4 Å². The summed E-state index contributed by atoms with van der Waals surface area (Å²) in [6, 6.07) is 8.86. The quantitative estimate of drug-likeness (QED) is 0.736. The number of aryl methyl sites for hydroxylation is 1. The van der Waals surface area contributed by atoms with Crippen LogP contribution in [0.4, 0.5) is 4.39 Å². The highest BCUT2D eigenvalue weighted by Gasteiger charge is 2.11. The Labute approximate surface area is 142 Å². The predicted molar refractivity (Wildman–Crippen MR) is 89.5 cm³/mol. The second-order valence-corrected chi connectivity index (χ2v) is 5.49. The van der Waals surface area contributed by atoms with E-state index in [1.807, 2.05) is 0 Å². The molecule has 8 heteroatoms. The average molecular weight is 341 g/mol. The molecule has 0 aliphatic heterocycles. The molecule has 128 valence electrons. The summed E-state index contributed by atoms with van der Waals surface area (Å²) in [6.45, 7) is 2.33. The van der Waals surface area contributed by atoms with E-state index in [1.54, 1.807) is 25.1 Å². The van der Waals surface area contributed by atoms with Gasteiger partial charge in [-0.1, -0.05) is 0 Å². The van der Waals surface area contributed by atoms with Crippen LogP contribution in [0.1, 0.15) is 16.2 Å². The van der Waals surface area contributed by atoms with Gasteiger partial charge in [-0.25, -0.2) is 9.37 Å². The predicted octanol–water partition coefficient (Wildman–Crippen LogP) is 1.51. The number of amides is 1. The molecule has 2 N–H and O–H groups in total. The lowest BCUT2D eigenvalue weighted by molar-refractivity contribution is 0.0947. The fourth-order valence-electron chi connectivity index (χ4n) is 2.28. The molecule has 25 heavy (non-hydrogen) atoms. The molecule has 0 fully saturated rings. The number of carbonyl (C=O) groups is 1. The highest BCUT2D eigenvalue weighted by atomic mass is 19.1. The van der Waals surface area contributed by atoms with Crippen LogP contribution in [-0.4, -0.2) is 32.2 Å². The molecule has 0 aliphatic rings. The van der Waals surface area contributed by atoms with Crippen molar-refractivity contribution in [2.45, 2.75) is 13.5 Å². The Hall–Kier alpha value is -3.29. The van der Waals surface area contributed by atoms with Crippen LogP contribution in [0.25, 0.3) is 11.3 Å². The maximum absolute atomic E-state index is 12.9. The Kier molecular flexibility index (Phi) is 4.69. The van der Waals surface area contributed by atoms with Crippen molar-refractivity contribution in [3.05, 3.63) is 70.3 Å². The highest BCUT2D eigenvalue weighted by Crippen LogP contribution is 2.17. The molecule has 3 rings (SSSR count). The number of halogens is 1. The number of nitrogens with one attached hydrogen (secondary N) is 2. The van der Waals surface area contributed by atoms with E-state index in [0.29, 0.717) is 23.5 Å². The van der Waals surface area contributed by atoms with E-state index in [-0.39, 0.29) is 29.5 Å². The van der Waals surface area contributed by atoms with Gasteiger partial charge in [-0.3, -0.25) is 19.3 Å². The number of aromatic nitrogens is 4. The van der Waals surface area contributed by atoms with Crippen molar-refractivity contribution in [1.82, 2.24) is 25.1 Å². The topological polar surface area (TPSA) is 92.7 Å². The van der Waals surface area contributed by atoms with Gasteiger partial charge in [0.2, 0.25) is 0 Å². The monoisotopic (exact) mass is 341 g/mol. The van der Waals surface area contributed by atoms with Gasteiger partial charge in [0.05, 0.1) is 12.0 Å². The minimum absolute atomic E-state index is 0.165. The molecular weight excluding hydrogens is 325 g/mol. The first-order valence-corrected chi connectivity index (χ1v) is 7.65. The van der Waals surface area contributed by atoms with E-state index in [2.05, 4.69) is 20.5 Å². The zero-order valence-corrected chi connectivity index (χ0v) is 13.5. The summed E-state index contributed by atoms with van der Waals surface area (Å²) in [5.41, 5.74) is 2.02. The number of nitrogens with zero attached hydrogens (tertiary/aromatic N) is 3. The highest BCUT2D eigenvalue weighted by molar-refractivity contribution is 5.93. The van der Waals surface area contributed by atoms with Crippen LogP contribution in [0.2, 0.25) is 0 Å². The van der Waals surface area contributed by atoms with Crippen LogP contribution in [0.3, 0.4) is 0 Å². The first-order valence-electron chi connectivity index (χ1n) is 7.65. The van der Waals surface area contributed by atoms with Gasteiger partial charge >= 0.3 is 0 Å². The number of aromatic amines is 1. The average Bonchev–Trinajstić information content (AvgIpc) is 3.07. The second kappa shape index (κ2) is 7.08. The summed E-state index contributed by atoms with van der Waals surface area (Å²) >= 11 is 0. The minimum Gasteiger partial charge on any atom is -0.349 e. The third-order valence-electron chi connectivity index (χ3n) is 3.62. The third kappa shape index (κ3) is 3.97. The molecular formula is C17H16FN5O2. The molecule has 0 atom stereocenters. The Morgan fingerprint density at radius 1 is 1.28 bits per heavy atom. The van der Waals surface area contributed by atoms with E-state index < -0.39 is 0 Å². The number of hydrogen-bond acceptors (Lipinski definition) is 4. The molecule has 0 bridgehead atoms. The fourth-order valence-corrected chi connectivity index (χ4v) is 2.28. The number of hydrogen-bond donors (Lipinski definition) is 2. The fraction of sp³-hybridized carbons (Fsp3) is 0.176. The molecule has 2 heterocycles. The van der Waals surface area contributed by atoms with E-state index in [1.165, 1.54) is 29.1 Å². The Balaban J connectivity index is 1.60. The van der Waals surface area contributed by atoms with Gasteiger partial charge < -0.3 is 5.32 Å². The Morgan fingerprint density at radius 2 is 2.04 bits per heavy atom. The first kappa shape index (κ1) is 16.6. The standard InChI is InChI=1S/C17H16FN5O2/c1-11-8-16(24)23(10-20-11)7-6-19-17(25)15-9-14(21-22-15)12-2-4-13(18)5-3-12/h2-5,8-10H,6-7H2,1H3,(H,19,25)(H,21,22). The van der Waals surface area contributed by atoms with Gasteiger partial charge in [0.25, 0.3) is 11.5 Å². The van der Waals surface area contributed by atoms with E-state index in [4.69, 9.17) is 0 Å². The number of rotatable bonds is 5. The molecule has 0 aliphatic carbocycles. The van der Waals surface area contributed by atoms with Crippen LogP contribution in [0.5, 0.6) is 0 Å². The molecule has 1 amide bonds. The van der Waals surface area contributed by atoms with Crippen molar-refractivity contribution in [2.24, 2.45) is 0 Å². The Bertz CT molecular complexity index is 946. The molecule has 0 unspecified atom stereocenters. The van der Waals surface area contributed by atoms with Gasteiger partial charge in [-0.05, 0) is 37.3 Å². The number of benzene rings is 1. The maximum atomic E-state index is 12.9. The lowest BCUT2D eigenvalue weighted by Gasteiger charge is -2.06. The summed E-state index contributed by atoms with van der Waals surface area (Å²) in [5, 5.41) is 9.41. The van der Waals surface area contributed by atoms with Crippen LogP contribution < -0.4 is 10.9 Å². The number of H-pyrrole nitrogens is 1. The largest absolute Gasteiger partial charge is 0.349 e. The van der Waals surface area contributed by atoms with E-state index in [0.717, 1.165) is 0 Å². The minimum atomic E-state index is -0.339. The zero-order valence-electron chi connectivity index (χ0n) is 13.5. The second-order valence-electron chi connectivity index (χ2n) is 5.49. The third-order valence-corrected chi connectivity index (χ3v) is 3.62. The smallest absolute Gasteiger partial charge is 0.269 e. The van der Waals surface area contributed by atoms with Crippen molar-refractivity contribution in [1.29, 1.82) is 0 Å². The molecule has 7 nitrogen and oxygen atoms in total. The van der Waals surface area contributed by atoms with Crippen molar-refractivity contribution in [2.75, 3.05) is 6.54 Å². The zero-order chi connectivity index (χ0) is 17.8. The van der Waals surface area contributed by atoms with Gasteiger partial charge in [-0.2, -0.15) is 5.10 Å². The molecule has 0 saturated heterocycles. The summed E-state index contributed by atoms with van der Waals surface area (Å²) in [7, 11) is 0. The molecule has 1 aromatic carbocycles. The maximum Gasteiger partial charge on any atom is 0.269 e. The summed E-state index contributed by atoms with van der Waals surface area (Å²) in [5.74, 6) is -0.674. The summed E-state index contributed by atoms with van der Waals surface area (Å²) in [6.07, 6.45) is 1.45. The van der Waals surface area contributed by atoms with E-state index in [9.17, 15) is 14.0 Å². The van der Waals surface area contributed by atoms with Gasteiger partial charge in [-0.15, -0.1) is 0 Å². The first-order chi connectivity index (χ1) is 12.0. The summed E-state index contributed by atoms with van der Waals surface area (Å²) in [4.78, 5) is 27.9. The summed E-state index contributed by atoms with van der Waals surface area (Å²) < 4.78 is 14.4. The van der Waals surface area contributed by atoms with Crippen molar-refractivity contribution < 1.29 is 9.18 Å². The van der Waals surface area contributed by atoms with Crippen LogP contribution in [0, 0.1) is 12.7 Å². The number of carbonyl (C=O) groups excluding carboxylic acids is 1.